The second-order valence-electron chi connectivity index (χ2n) is 11.6. The van der Waals surface area contributed by atoms with Crippen LogP contribution in [0.15, 0.2) is 84.9 Å². The standard InChI is InChI=1S/C19H18F3NO3.C19H16FNO2/c1-13-4-2-5-14(10-13)6-3-7-16(24)11-15-8-9-18(23(25)26)17(12-15)19(20,21)22;1-13-10-14(2-3-16(13)12-21)11-18(22)8-9-19(23)15-4-6-17(20)7-5-15/h2,4-5,8-10,12H,3,6-7,11H2,1H3;2-7,10H,8-9,11H2,1H3. The van der Waals surface area contributed by atoms with E-state index in [1.807, 2.05) is 44.2 Å². The Morgan fingerprint density at radius 3 is 2.02 bits per heavy atom. The summed E-state index contributed by atoms with van der Waals surface area (Å²) in [7, 11) is 0. The second-order valence-corrected chi connectivity index (χ2v) is 11.6. The summed E-state index contributed by atoms with van der Waals surface area (Å²) < 4.78 is 51.7. The number of alkyl halides is 3. The quantitative estimate of drug-likeness (QED) is 0.0605. The van der Waals surface area contributed by atoms with Crippen molar-refractivity contribution in [1.29, 1.82) is 5.26 Å². The number of nitro benzene ring substituents is 1. The molecule has 49 heavy (non-hydrogen) atoms. The summed E-state index contributed by atoms with van der Waals surface area (Å²) in [4.78, 5) is 45.6. The van der Waals surface area contributed by atoms with Gasteiger partial charge < -0.3 is 0 Å². The first-order chi connectivity index (χ1) is 23.2. The van der Waals surface area contributed by atoms with E-state index in [0.29, 0.717) is 30.0 Å². The van der Waals surface area contributed by atoms with Gasteiger partial charge in [-0.15, -0.1) is 0 Å². The number of hydrogen-bond acceptors (Lipinski definition) is 6. The average molecular weight is 675 g/mol. The molecule has 7 nitrogen and oxygen atoms in total. The highest BCUT2D eigenvalue weighted by atomic mass is 19.4. The molecule has 0 amide bonds. The van der Waals surface area contributed by atoms with Crippen molar-refractivity contribution in [3.63, 3.8) is 0 Å². The molecule has 0 fully saturated rings. The number of ketones is 3. The molecule has 254 valence electrons. The Hall–Kier alpha value is -5.50. The molecule has 0 heterocycles. The van der Waals surface area contributed by atoms with E-state index >= 15 is 0 Å². The van der Waals surface area contributed by atoms with E-state index in [4.69, 9.17) is 5.26 Å². The van der Waals surface area contributed by atoms with Gasteiger partial charge in [-0.25, -0.2) is 4.39 Å². The SMILES string of the molecule is Cc1cc(CC(=O)CCC(=O)c2ccc(F)cc2)ccc1C#N.Cc1cccc(CCCC(=O)Cc2ccc([N+](=O)[O-])c(C(F)(F)F)c2)c1. The van der Waals surface area contributed by atoms with Gasteiger partial charge in [0.15, 0.2) is 5.78 Å². The fraction of sp³-hybridized carbons (Fsp3) is 0.263. The maximum atomic E-state index is 13.0. The number of rotatable bonds is 13. The molecule has 0 aromatic heterocycles. The van der Waals surface area contributed by atoms with Gasteiger partial charge in [-0.3, -0.25) is 24.5 Å². The third-order valence-electron chi connectivity index (χ3n) is 7.58. The molecular formula is C38H34F4N2O5. The third-order valence-corrected chi connectivity index (χ3v) is 7.58. The molecule has 0 saturated heterocycles. The number of nitrogens with zero attached hydrogens (tertiary/aromatic N) is 2. The molecule has 4 rings (SSSR count). The van der Waals surface area contributed by atoms with Gasteiger partial charge in [0.2, 0.25) is 0 Å². The molecule has 0 aliphatic rings. The molecule has 0 aliphatic heterocycles. The van der Waals surface area contributed by atoms with Crippen molar-refractivity contribution in [3.8, 4) is 6.07 Å². The maximum absolute atomic E-state index is 13.0. The molecule has 0 N–H and O–H groups in total. The molecule has 0 atom stereocenters. The second kappa shape index (κ2) is 17.6. The molecule has 11 heteroatoms. The topological polar surface area (TPSA) is 118 Å². The molecule has 4 aromatic rings. The summed E-state index contributed by atoms with van der Waals surface area (Å²) in [5.74, 6) is -0.799. The van der Waals surface area contributed by atoms with Gasteiger partial charge in [-0.05, 0) is 85.3 Å². The Labute approximate surface area is 281 Å². The van der Waals surface area contributed by atoms with Crippen LogP contribution in [0, 0.1) is 41.1 Å². The Morgan fingerprint density at radius 2 is 1.43 bits per heavy atom. The Bertz CT molecular complexity index is 1860. The van der Waals surface area contributed by atoms with Gasteiger partial charge in [-0.2, -0.15) is 18.4 Å². The lowest BCUT2D eigenvalue weighted by Crippen LogP contribution is -2.11. The number of aryl methyl sites for hydroxylation is 3. The van der Waals surface area contributed by atoms with Gasteiger partial charge in [0.05, 0.1) is 16.6 Å². The predicted molar refractivity (Wildman–Crippen MR) is 175 cm³/mol. The minimum atomic E-state index is -4.84. The molecule has 0 spiro atoms. The fourth-order valence-electron chi connectivity index (χ4n) is 5.06. The maximum Gasteiger partial charge on any atom is 0.423 e. The van der Waals surface area contributed by atoms with Crippen molar-refractivity contribution >= 4 is 23.0 Å². The van der Waals surface area contributed by atoms with Crippen molar-refractivity contribution in [2.75, 3.05) is 0 Å². The van der Waals surface area contributed by atoms with E-state index in [9.17, 15) is 42.1 Å². The lowest BCUT2D eigenvalue weighted by Gasteiger charge is -2.09. The summed E-state index contributed by atoms with van der Waals surface area (Å²) in [6.07, 6.45) is -2.96. The zero-order chi connectivity index (χ0) is 36.1. The third kappa shape index (κ3) is 12.2. The number of carbonyl (C=O) groups excluding carboxylic acids is 3. The number of benzene rings is 4. The van der Waals surface area contributed by atoms with Crippen LogP contribution in [0.2, 0.25) is 0 Å². The van der Waals surface area contributed by atoms with Crippen LogP contribution in [0.4, 0.5) is 23.2 Å². The highest BCUT2D eigenvalue weighted by Crippen LogP contribution is 2.36. The number of Topliss-reactive ketones (excluding diaryl/α,β-unsaturated/α-hetero) is 3. The van der Waals surface area contributed by atoms with Crippen LogP contribution < -0.4 is 0 Å². The van der Waals surface area contributed by atoms with Crippen molar-refractivity contribution < 1.29 is 36.9 Å². The molecule has 0 unspecified atom stereocenters. The smallest absolute Gasteiger partial charge is 0.299 e. The first-order valence-electron chi connectivity index (χ1n) is 15.4. The minimum absolute atomic E-state index is 0.0374. The van der Waals surface area contributed by atoms with E-state index in [0.717, 1.165) is 28.3 Å². The highest BCUT2D eigenvalue weighted by Gasteiger charge is 2.38. The fourth-order valence-corrected chi connectivity index (χ4v) is 5.06. The van der Waals surface area contributed by atoms with Crippen LogP contribution in [-0.2, 0) is 35.0 Å². The predicted octanol–water partition coefficient (Wildman–Crippen LogP) is 8.84. The van der Waals surface area contributed by atoms with Crippen molar-refractivity contribution in [3.05, 3.63) is 145 Å². The first-order valence-corrected chi connectivity index (χ1v) is 15.4. The average Bonchev–Trinajstić information content (AvgIpc) is 3.04. The van der Waals surface area contributed by atoms with E-state index < -0.39 is 28.2 Å². The van der Waals surface area contributed by atoms with E-state index in [2.05, 4.69) is 6.07 Å². The van der Waals surface area contributed by atoms with Crippen LogP contribution in [0.3, 0.4) is 0 Å². The lowest BCUT2D eigenvalue weighted by atomic mass is 9.99. The minimum Gasteiger partial charge on any atom is -0.299 e. The zero-order valence-corrected chi connectivity index (χ0v) is 27.0. The van der Waals surface area contributed by atoms with Gasteiger partial charge in [-0.1, -0.05) is 48.0 Å². The van der Waals surface area contributed by atoms with Crippen LogP contribution in [0.25, 0.3) is 0 Å². The van der Waals surface area contributed by atoms with Gasteiger partial charge >= 0.3 is 6.18 Å². The highest BCUT2D eigenvalue weighted by molar-refractivity contribution is 5.98. The lowest BCUT2D eigenvalue weighted by molar-refractivity contribution is -0.388. The Balaban J connectivity index is 0.000000267. The number of halogens is 4. The van der Waals surface area contributed by atoms with Crippen LogP contribution >= 0.6 is 0 Å². The molecule has 0 saturated carbocycles. The molecular weight excluding hydrogens is 640 g/mol. The summed E-state index contributed by atoms with van der Waals surface area (Å²) in [6, 6.07) is 23.2. The number of nitriles is 1. The largest absolute Gasteiger partial charge is 0.423 e. The number of hydrogen-bond donors (Lipinski definition) is 0. The number of carbonyl (C=O) groups is 3. The summed E-state index contributed by atoms with van der Waals surface area (Å²) in [6.45, 7) is 3.80. The van der Waals surface area contributed by atoms with Crippen molar-refractivity contribution in [2.24, 2.45) is 0 Å². The van der Waals surface area contributed by atoms with Crippen LogP contribution in [-0.4, -0.2) is 22.3 Å². The van der Waals surface area contributed by atoms with E-state index in [-0.39, 0.29) is 55.0 Å². The molecule has 0 radical (unpaired) electrons. The van der Waals surface area contributed by atoms with Crippen LogP contribution in [0.1, 0.15) is 75.0 Å². The summed E-state index contributed by atoms with van der Waals surface area (Å²) >= 11 is 0. The van der Waals surface area contributed by atoms with Gasteiger partial charge in [0, 0.05) is 43.7 Å². The molecule has 0 aliphatic carbocycles. The Kier molecular flexibility index (Phi) is 13.6. The summed E-state index contributed by atoms with van der Waals surface area (Å²) in [5, 5.41) is 19.6. The van der Waals surface area contributed by atoms with Gasteiger partial charge in [0.25, 0.3) is 5.69 Å². The van der Waals surface area contributed by atoms with Gasteiger partial charge in [0.1, 0.15) is 22.9 Å². The summed E-state index contributed by atoms with van der Waals surface area (Å²) in [5.41, 5.74) is 2.69. The normalized spacial score (nSPS) is 10.8. The van der Waals surface area contributed by atoms with E-state index in [1.54, 1.807) is 12.1 Å². The zero-order valence-electron chi connectivity index (χ0n) is 27.0. The van der Waals surface area contributed by atoms with E-state index in [1.165, 1.54) is 30.3 Å². The Morgan fingerprint density at radius 1 is 0.796 bits per heavy atom. The monoisotopic (exact) mass is 674 g/mol. The van der Waals surface area contributed by atoms with Crippen LogP contribution in [0.5, 0.6) is 0 Å². The first kappa shape index (κ1) is 38.0. The van der Waals surface area contributed by atoms with Crippen molar-refractivity contribution in [2.45, 2.75) is 65.0 Å². The molecule has 4 aromatic carbocycles. The molecule has 0 bridgehead atoms. The van der Waals surface area contributed by atoms with Crippen molar-refractivity contribution in [1.82, 2.24) is 0 Å². The number of nitro groups is 1.